The normalized spacial score (nSPS) is 23.7. The fourth-order valence-electron chi connectivity index (χ4n) is 2.29. The largest absolute Gasteiger partial charge is 0.365 e. The van der Waals surface area contributed by atoms with Gasteiger partial charge in [0.2, 0.25) is 0 Å². The summed E-state index contributed by atoms with van der Waals surface area (Å²) in [6, 6.07) is 0.463. The van der Waals surface area contributed by atoms with Crippen LogP contribution in [0.3, 0.4) is 0 Å². The van der Waals surface area contributed by atoms with Crippen LogP contribution >= 0.6 is 27.7 Å². The third-order valence-corrected chi connectivity index (χ3v) is 5.17. The first-order valence-corrected chi connectivity index (χ1v) is 8.10. The van der Waals surface area contributed by atoms with Crippen LogP contribution in [0.25, 0.3) is 0 Å². The Balaban J connectivity index is 2.12. The summed E-state index contributed by atoms with van der Waals surface area (Å²) < 4.78 is 0.790. The van der Waals surface area contributed by atoms with Gasteiger partial charge in [-0.05, 0) is 35.0 Å². The van der Waals surface area contributed by atoms with Crippen LogP contribution in [-0.2, 0) is 0 Å². The van der Waals surface area contributed by atoms with Crippen molar-refractivity contribution in [2.24, 2.45) is 5.84 Å². The Morgan fingerprint density at radius 2 is 2.06 bits per heavy atom. The number of nitrogens with two attached hydrogens (primary N) is 1. The molecule has 2 unspecified atom stereocenters. The molecule has 0 saturated heterocycles. The molecule has 1 saturated carbocycles. The second kappa shape index (κ2) is 6.58. The molecular weight excluding hydrogens is 314 g/mol. The van der Waals surface area contributed by atoms with Crippen LogP contribution < -0.4 is 16.6 Å². The van der Waals surface area contributed by atoms with Gasteiger partial charge in [0.05, 0.1) is 0 Å². The number of nitrogens with one attached hydrogen (secondary N) is 2. The summed E-state index contributed by atoms with van der Waals surface area (Å²) in [5.74, 6) is 6.81. The van der Waals surface area contributed by atoms with E-state index in [0.717, 1.165) is 10.3 Å². The van der Waals surface area contributed by atoms with E-state index < -0.39 is 0 Å². The molecule has 1 aromatic rings. The van der Waals surface area contributed by atoms with Crippen molar-refractivity contribution in [2.45, 2.75) is 37.0 Å². The fraction of sp³-hybridized carbons (Fsp3) is 0.636. The van der Waals surface area contributed by atoms with Crippen molar-refractivity contribution in [3.8, 4) is 0 Å². The van der Waals surface area contributed by atoms with Crippen LogP contribution in [0.1, 0.15) is 25.7 Å². The monoisotopic (exact) mass is 331 g/mol. The van der Waals surface area contributed by atoms with E-state index in [1.54, 1.807) is 0 Å². The highest BCUT2D eigenvalue weighted by Gasteiger charge is 2.25. The lowest BCUT2D eigenvalue weighted by molar-refractivity contribution is 0.474. The number of hydrogen-bond donors (Lipinski definition) is 3. The van der Waals surface area contributed by atoms with Gasteiger partial charge in [0.1, 0.15) is 16.6 Å². The Hall–Kier alpha value is -0.530. The molecule has 1 aliphatic rings. The zero-order chi connectivity index (χ0) is 13.0. The van der Waals surface area contributed by atoms with Crippen molar-refractivity contribution in [3.63, 3.8) is 0 Å². The first-order valence-electron chi connectivity index (χ1n) is 6.02. The van der Waals surface area contributed by atoms with E-state index in [-0.39, 0.29) is 0 Å². The van der Waals surface area contributed by atoms with E-state index >= 15 is 0 Å². The molecule has 0 amide bonds. The van der Waals surface area contributed by atoms with Gasteiger partial charge in [-0.1, -0.05) is 12.8 Å². The number of hydrogen-bond acceptors (Lipinski definition) is 6. The van der Waals surface area contributed by atoms with Crippen molar-refractivity contribution in [1.82, 2.24) is 9.97 Å². The van der Waals surface area contributed by atoms with Gasteiger partial charge in [-0.2, -0.15) is 11.8 Å². The molecule has 0 radical (unpaired) electrons. The molecule has 1 fully saturated rings. The highest BCUT2D eigenvalue weighted by molar-refractivity contribution is 9.10. The first kappa shape index (κ1) is 13.9. The minimum atomic E-state index is 0.463. The van der Waals surface area contributed by atoms with E-state index in [1.165, 1.54) is 32.0 Å². The van der Waals surface area contributed by atoms with E-state index in [0.29, 0.717) is 17.1 Å². The lowest BCUT2D eigenvalue weighted by Gasteiger charge is -2.31. The minimum absolute atomic E-state index is 0.463. The second-order valence-corrected chi connectivity index (χ2v) is 6.21. The lowest BCUT2D eigenvalue weighted by Crippen LogP contribution is -2.34. The smallest absolute Gasteiger partial charge is 0.159 e. The zero-order valence-electron chi connectivity index (χ0n) is 10.3. The van der Waals surface area contributed by atoms with Crippen molar-refractivity contribution in [1.29, 1.82) is 0 Å². The van der Waals surface area contributed by atoms with Crippen molar-refractivity contribution in [2.75, 3.05) is 17.0 Å². The summed E-state index contributed by atoms with van der Waals surface area (Å²) in [6.45, 7) is 0. The SMILES string of the molecule is CSC1CCCCC1Nc1ncnc(NN)c1Br. The maximum Gasteiger partial charge on any atom is 0.159 e. The molecule has 18 heavy (non-hydrogen) atoms. The van der Waals surface area contributed by atoms with Crippen molar-refractivity contribution >= 4 is 39.3 Å². The summed E-state index contributed by atoms with van der Waals surface area (Å²) in [4.78, 5) is 8.33. The van der Waals surface area contributed by atoms with Gasteiger partial charge in [-0.25, -0.2) is 15.8 Å². The molecule has 0 aromatic carbocycles. The summed E-state index contributed by atoms with van der Waals surface area (Å²) >= 11 is 5.40. The molecule has 4 N–H and O–H groups in total. The van der Waals surface area contributed by atoms with Crippen LogP contribution in [0.2, 0.25) is 0 Å². The average Bonchev–Trinajstić information content (AvgIpc) is 2.42. The highest BCUT2D eigenvalue weighted by Crippen LogP contribution is 2.32. The first-order chi connectivity index (χ1) is 8.76. The third kappa shape index (κ3) is 3.07. The summed E-state index contributed by atoms with van der Waals surface area (Å²) in [5, 5.41) is 4.16. The molecule has 7 heteroatoms. The highest BCUT2D eigenvalue weighted by atomic mass is 79.9. The van der Waals surface area contributed by atoms with Crippen LogP contribution in [0, 0.1) is 0 Å². The Morgan fingerprint density at radius 1 is 1.33 bits per heavy atom. The van der Waals surface area contributed by atoms with Crippen LogP contribution in [-0.4, -0.2) is 27.5 Å². The number of rotatable bonds is 4. The standard InChI is InChI=1S/C11H18BrN5S/c1-18-8-5-3-2-4-7(8)16-10-9(12)11(17-13)15-6-14-10/h6-8H,2-5,13H2,1H3,(H2,14,15,16,17). The quantitative estimate of drug-likeness (QED) is 0.581. The molecular formula is C11H18BrN5S. The van der Waals surface area contributed by atoms with Gasteiger partial charge in [0.25, 0.3) is 0 Å². The van der Waals surface area contributed by atoms with Crippen molar-refractivity contribution < 1.29 is 0 Å². The van der Waals surface area contributed by atoms with Crippen LogP contribution in [0.5, 0.6) is 0 Å². The van der Waals surface area contributed by atoms with E-state index in [9.17, 15) is 0 Å². The molecule has 0 spiro atoms. The molecule has 1 aliphatic carbocycles. The zero-order valence-corrected chi connectivity index (χ0v) is 12.7. The topological polar surface area (TPSA) is 75.9 Å². The predicted octanol–water partition coefficient (Wildman–Crippen LogP) is 2.61. The molecule has 0 bridgehead atoms. The average molecular weight is 332 g/mol. The number of thioether (sulfide) groups is 1. The molecule has 2 rings (SSSR count). The van der Waals surface area contributed by atoms with Gasteiger partial charge < -0.3 is 10.7 Å². The summed E-state index contributed by atoms with van der Waals surface area (Å²) in [5.41, 5.74) is 2.55. The summed E-state index contributed by atoms with van der Waals surface area (Å²) in [7, 11) is 0. The number of aromatic nitrogens is 2. The number of nitrogen functional groups attached to an aromatic ring is 1. The van der Waals surface area contributed by atoms with E-state index in [2.05, 4.69) is 42.9 Å². The van der Waals surface area contributed by atoms with Gasteiger partial charge in [0, 0.05) is 11.3 Å². The number of hydrazine groups is 1. The summed E-state index contributed by atoms with van der Waals surface area (Å²) in [6.07, 6.45) is 8.74. The predicted molar refractivity (Wildman–Crippen MR) is 80.7 cm³/mol. The lowest BCUT2D eigenvalue weighted by atomic mass is 9.95. The molecule has 0 aliphatic heterocycles. The molecule has 5 nitrogen and oxygen atoms in total. The van der Waals surface area contributed by atoms with Gasteiger partial charge in [0.15, 0.2) is 5.82 Å². The Morgan fingerprint density at radius 3 is 2.78 bits per heavy atom. The molecule has 100 valence electrons. The Bertz CT molecular complexity index is 403. The number of anilines is 2. The maximum atomic E-state index is 5.40. The van der Waals surface area contributed by atoms with Gasteiger partial charge in [-0.3, -0.25) is 0 Å². The maximum absolute atomic E-state index is 5.40. The number of halogens is 1. The van der Waals surface area contributed by atoms with Crippen LogP contribution in [0.15, 0.2) is 10.8 Å². The van der Waals surface area contributed by atoms with Gasteiger partial charge >= 0.3 is 0 Å². The molecule has 1 heterocycles. The van der Waals surface area contributed by atoms with E-state index in [1.807, 2.05) is 11.8 Å². The number of nitrogens with zero attached hydrogens (tertiary/aromatic N) is 2. The van der Waals surface area contributed by atoms with Crippen LogP contribution in [0.4, 0.5) is 11.6 Å². The van der Waals surface area contributed by atoms with E-state index in [4.69, 9.17) is 5.84 Å². The second-order valence-electron chi connectivity index (χ2n) is 4.34. The van der Waals surface area contributed by atoms with Gasteiger partial charge in [-0.15, -0.1) is 0 Å². The molecule has 1 aromatic heterocycles. The fourth-order valence-corrected chi connectivity index (χ4v) is 3.66. The van der Waals surface area contributed by atoms with Crippen molar-refractivity contribution in [3.05, 3.63) is 10.8 Å². The Kier molecular flexibility index (Phi) is 5.08. The Labute approximate surface area is 120 Å². The third-order valence-electron chi connectivity index (χ3n) is 3.25. The molecule has 2 atom stereocenters. The minimum Gasteiger partial charge on any atom is -0.365 e.